The summed E-state index contributed by atoms with van der Waals surface area (Å²) in [5, 5.41) is 0. The molecule has 0 radical (unpaired) electrons. The van der Waals surface area contributed by atoms with E-state index in [9.17, 15) is 0 Å². The van der Waals surface area contributed by atoms with Crippen molar-refractivity contribution >= 4 is 33.1 Å². The lowest BCUT2D eigenvalue weighted by Gasteiger charge is -2.29. The molecule has 0 bridgehead atoms. The third kappa shape index (κ3) is 3.29. The maximum absolute atomic E-state index is 5.50. The minimum absolute atomic E-state index is 0.905. The first-order valence-electron chi connectivity index (χ1n) is 5.78. The van der Waals surface area contributed by atoms with Crippen molar-refractivity contribution in [3.8, 4) is 0 Å². The van der Waals surface area contributed by atoms with Crippen LogP contribution in [0.25, 0.3) is 0 Å². The lowest BCUT2D eigenvalue weighted by molar-refractivity contribution is 0.343. The number of benzene rings is 1. The van der Waals surface area contributed by atoms with Gasteiger partial charge in [-0.3, -0.25) is 0 Å². The number of nitrogens with zero attached hydrogens (tertiary/aromatic N) is 1. The van der Waals surface area contributed by atoms with Gasteiger partial charge >= 0.3 is 0 Å². The highest BCUT2D eigenvalue weighted by atomic mass is 79.9. The molecule has 0 atom stereocenters. The Kier molecular flexibility index (Phi) is 4.36. The van der Waals surface area contributed by atoms with Gasteiger partial charge in [0.25, 0.3) is 0 Å². The fourth-order valence-electron chi connectivity index (χ4n) is 2.03. The molecule has 0 spiro atoms. The molecule has 1 heterocycles. The Morgan fingerprint density at radius 1 is 1.12 bits per heavy atom. The maximum Gasteiger partial charge on any atom is 0.0823 e. The molecule has 3 heteroatoms. The van der Waals surface area contributed by atoms with Gasteiger partial charge < -0.3 is 4.90 Å². The smallest absolute Gasteiger partial charge is 0.0823 e. The third-order valence-electron chi connectivity index (χ3n) is 2.98. The van der Waals surface area contributed by atoms with Crippen LogP contribution < -0.4 is 0 Å². The molecule has 0 unspecified atom stereocenters. The zero-order valence-electron chi connectivity index (χ0n) is 9.29. The van der Waals surface area contributed by atoms with E-state index in [2.05, 4.69) is 45.1 Å². The van der Waals surface area contributed by atoms with Crippen molar-refractivity contribution in [3.05, 3.63) is 34.3 Å². The van der Waals surface area contributed by atoms with E-state index >= 15 is 0 Å². The van der Waals surface area contributed by atoms with Crippen molar-refractivity contribution in [1.29, 1.82) is 0 Å². The number of thiocarbonyl (C=S) groups is 1. The van der Waals surface area contributed by atoms with Crippen LogP contribution >= 0.6 is 28.1 Å². The predicted molar refractivity (Wildman–Crippen MR) is 75.9 cm³/mol. The SMILES string of the molecule is S=C(Cc1ccc(Br)cc1)N1CCCCC1. The predicted octanol–water partition coefficient (Wildman–Crippen LogP) is 3.80. The number of piperidine rings is 1. The third-order valence-corrected chi connectivity index (χ3v) is 3.91. The molecule has 1 aliphatic heterocycles. The van der Waals surface area contributed by atoms with Crippen LogP contribution in [0.5, 0.6) is 0 Å². The van der Waals surface area contributed by atoms with Crippen LogP contribution in [-0.4, -0.2) is 23.0 Å². The summed E-state index contributed by atoms with van der Waals surface area (Å²) >= 11 is 8.95. The Morgan fingerprint density at radius 3 is 2.38 bits per heavy atom. The molecule has 0 N–H and O–H groups in total. The topological polar surface area (TPSA) is 3.24 Å². The summed E-state index contributed by atoms with van der Waals surface area (Å²) in [6, 6.07) is 8.43. The van der Waals surface area contributed by atoms with Crippen LogP contribution in [0.4, 0.5) is 0 Å². The molecule has 16 heavy (non-hydrogen) atoms. The van der Waals surface area contributed by atoms with Gasteiger partial charge in [-0.15, -0.1) is 0 Å². The molecule has 2 rings (SSSR count). The quantitative estimate of drug-likeness (QED) is 0.764. The van der Waals surface area contributed by atoms with Crippen molar-refractivity contribution < 1.29 is 0 Å². The van der Waals surface area contributed by atoms with Gasteiger partial charge in [-0.1, -0.05) is 40.3 Å². The molecule has 0 aliphatic carbocycles. The Bertz CT molecular complexity index is 355. The molecule has 1 aromatic carbocycles. The first-order valence-corrected chi connectivity index (χ1v) is 6.98. The Balaban J connectivity index is 1.93. The van der Waals surface area contributed by atoms with Crippen LogP contribution in [0.3, 0.4) is 0 Å². The van der Waals surface area contributed by atoms with E-state index in [-0.39, 0.29) is 0 Å². The molecule has 1 aromatic rings. The van der Waals surface area contributed by atoms with Gasteiger partial charge in [-0.25, -0.2) is 0 Å². The summed E-state index contributed by atoms with van der Waals surface area (Å²) in [5.41, 5.74) is 1.30. The van der Waals surface area contributed by atoms with Gasteiger partial charge in [0.2, 0.25) is 0 Å². The Morgan fingerprint density at radius 2 is 1.75 bits per heavy atom. The van der Waals surface area contributed by atoms with Crippen molar-refractivity contribution in [2.75, 3.05) is 13.1 Å². The molecular formula is C13H16BrNS. The monoisotopic (exact) mass is 297 g/mol. The second-order valence-corrected chi connectivity index (χ2v) is 5.63. The van der Waals surface area contributed by atoms with E-state index in [4.69, 9.17) is 12.2 Å². The number of likely N-dealkylation sites (tertiary alicyclic amines) is 1. The first-order chi connectivity index (χ1) is 7.75. The second-order valence-electron chi connectivity index (χ2n) is 4.24. The number of rotatable bonds is 2. The fraction of sp³-hybridized carbons (Fsp3) is 0.462. The fourth-order valence-corrected chi connectivity index (χ4v) is 2.65. The summed E-state index contributed by atoms with van der Waals surface area (Å²) < 4.78 is 1.13. The van der Waals surface area contributed by atoms with E-state index in [1.54, 1.807) is 0 Å². The van der Waals surface area contributed by atoms with Crippen molar-refractivity contribution in [1.82, 2.24) is 4.90 Å². The van der Waals surface area contributed by atoms with Gasteiger partial charge in [0, 0.05) is 24.0 Å². The molecule has 1 nitrogen and oxygen atoms in total. The molecule has 86 valence electrons. The molecule has 0 aromatic heterocycles. The van der Waals surface area contributed by atoms with Crippen molar-refractivity contribution in [2.45, 2.75) is 25.7 Å². The minimum Gasteiger partial charge on any atom is -0.366 e. The van der Waals surface area contributed by atoms with Crippen LogP contribution in [0, 0.1) is 0 Å². The van der Waals surface area contributed by atoms with Crippen LogP contribution in [0.1, 0.15) is 24.8 Å². The van der Waals surface area contributed by atoms with E-state index in [1.165, 1.54) is 24.8 Å². The normalized spacial score (nSPS) is 16.2. The molecule has 1 saturated heterocycles. The number of halogens is 1. The Labute approximate surface area is 111 Å². The second kappa shape index (κ2) is 5.78. The van der Waals surface area contributed by atoms with Crippen LogP contribution in [0.15, 0.2) is 28.7 Å². The van der Waals surface area contributed by atoms with E-state index < -0.39 is 0 Å². The van der Waals surface area contributed by atoms with E-state index in [1.807, 2.05) is 0 Å². The molecule has 1 aliphatic rings. The van der Waals surface area contributed by atoms with Gasteiger partial charge in [-0.05, 0) is 37.0 Å². The van der Waals surface area contributed by atoms with Crippen molar-refractivity contribution in [3.63, 3.8) is 0 Å². The first kappa shape index (κ1) is 12.1. The number of hydrogen-bond donors (Lipinski definition) is 0. The summed E-state index contributed by atoms with van der Waals surface area (Å²) in [4.78, 5) is 3.46. The van der Waals surface area contributed by atoms with E-state index in [0.717, 1.165) is 29.0 Å². The summed E-state index contributed by atoms with van der Waals surface area (Å²) in [6.07, 6.45) is 4.85. The van der Waals surface area contributed by atoms with Crippen LogP contribution in [-0.2, 0) is 6.42 Å². The zero-order valence-corrected chi connectivity index (χ0v) is 11.7. The zero-order chi connectivity index (χ0) is 11.4. The maximum atomic E-state index is 5.50. The lowest BCUT2D eigenvalue weighted by atomic mass is 10.1. The van der Waals surface area contributed by atoms with Gasteiger partial charge in [0.05, 0.1) is 4.99 Å². The molecule has 0 saturated carbocycles. The van der Waals surface area contributed by atoms with Crippen LogP contribution in [0.2, 0.25) is 0 Å². The highest BCUT2D eigenvalue weighted by Gasteiger charge is 2.13. The largest absolute Gasteiger partial charge is 0.366 e. The summed E-state index contributed by atoms with van der Waals surface area (Å²) in [5.74, 6) is 0. The average molecular weight is 298 g/mol. The molecular weight excluding hydrogens is 282 g/mol. The Hall–Kier alpha value is -0.410. The summed E-state index contributed by atoms with van der Waals surface area (Å²) in [7, 11) is 0. The average Bonchev–Trinajstić information content (AvgIpc) is 2.33. The highest BCUT2D eigenvalue weighted by molar-refractivity contribution is 9.10. The van der Waals surface area contributed by atoms with E-state index in [0.29, 0.717) is 0 Å². The van der Waals surface area contributed by atoms with Gasteiger partial charge in [-0.2, -0.15) is 0 Å². The highest BCUT2D eigenvalue weighted by Crippen LogP contribution is 2.14. The number of hydrogen-bond acceptors (Lipinski definition) is 1. The van der Waals surface area contributed by atoms with Crippen molar-refractivity contribution in [2.24, 2.45) is 0 Å². The minimum atomic E-state index is 0.905. The van der Waals surface area contributed by atoms with Gasteiger partial charge in [0.1, 0.15) is 0 Å². The standard InChI is InChI=1S/C13H16BrNS/c14-12-6-4-11(5-7-12)10-13(16)15-8-2-1-3-9-15/h4-7H,1-3,8-10H2. The molecule has 1 fully saturated rings. The lowest BCUT2D eigenvalue weighted by Crippen LogP contribution is -2.35. The summed E-state index contributed by atoms with van der Waals surface area (Å²) in [6.45, 7) is 2.30. The molecule has 0 amide bonds. The van der Waals surface area contributed by atoms with Gasteiger partial charge in [0.15, 0.2) is 0 Å².